The molecule has 0 nitrogen and oxygen atoms in total. The molecule has 13 heavy (non-hydrogen) atoms. The largest absolute Gasteiger partial charge is 0.0656 e. The number of fused-ring (bicyclic) bond motifs is 5. The Balaban J connectivity index is 0.000000196. The van der Waals surface area contributed by atoms with Crippen LogP contribution in [0.15, 0.2) is 0 Å². The van der Waals surface area contributed by atoms with Crippen LogP contribution in [-0.2, 0) is 0 Å². The normalized spacial score (nSPS) is 45.7. The fourth-order valence-electron chi connectivity index (χ4n) is 4.02. The predicted octanol–water partition coefficient (Wildman–Crippen LogP) is 4.25. The average Bonchev–Trinajstić information content (AvgIpc) is 2.79. The molecule has 0 aromatic heterocycles. The summed E-state index contributed by atoms with van der Waals surface area (Å²) in [5, 5.41) is 0. The van der Waals surface area contributed by atoms with Gasteiger partial charge in [-0.1, -0.05) is 26.7 Å². The summed E-state index contributed by atoms with van der Waals surface area (Å²) in [5.74, 6) is 4.80. The van der Waals surface area contributed by atoms with E-state index in [1.165, 1.54) is 30.1 Å². The third-order valence-corrected chi connectivity index (χ3v) is 4.35. The van der Waals surface area contributed by atoms with E-state index >= 15 is 0 Å². The van der Waals surface area contributed by atoms with Crippen molar-refractivity contribution in [1.29, 1.82) is 0 Å². The highest BCUT2D eigenvalue weighted by Crippen LogP contribution is 2.58. The summed E-state index contributed by atoms with van der Waals surface area (Å²) in [7, 11) is 0. The maximum Gasteiger partial charge on any atom is -0.0355 e. The second-order valence-corrected chi connectivity index (χ2v) is 5.30. The van der Waals surface area contributed by atoms with Crippen LogP contribution < -0.4 is 0 Å². The van der Waals surface area contributed by atoms with Gasteiger partial charge in [-0.2, -0.15) is 0 Å². The van der Waals surface area contributed by atoms with Crippen molar-refractivity contribution in [1.82, 2.24) is 0 Å². The molecule has 4 unspecified atom stereocenters. The average molecular weight is 180 g/mol. The highest BCUT2D eigenvalue weighted by Gasteiger charge is 2.48. The number of hydrogen-bond acceptors (Lipinski definition) is 0. The lowest BCUT2D eigenvalue weighted by Gasteiger charge is -2.23. The fraction of sp³-hybridized carbons (Fsp3) is 1.00. The van der Waals surface area contributed by atoms with E-state index < -0.39 is 0 Å². The molecular weight excluding hydrogens is 156 g/mol. The second-order valence-electron chi connectivity index (χ2n) is 5.30. The van der Waals surface area contributed by atoms with Gasteiger partial charge in [0.05, 0.1) is 0 Å². The van der Waals surface area contributed by atoms with E-state index in [1.807, 2.05) is 0 Å². The second kappa shape index (κ2) is 4.02. The Bertz CT molecular complexity index is 145. The smallest absolute Gasteiger partial charge is 0.0355 e. The van der Waals surface area contributed by atoms with Gasteiger partial charge in [0.1, 0.15) is 0 Å². The summed E-state index contributed by atoms with van der Waals surface area (Å²) in [6, 6.07) is 0. The SMILES string of the molecule is C1CC2C3CCC(C3)C2C1.CCC. The summed E-state index contributed by atoms with van der Waals surface area (Å²) in [4.78, 5) is 0. The van der Waals surface area contributed by atoms with E-state index in [4.69, 9.17) is 0 Å². The van der Waals surface area contributed by atoms with Crippen LogP contribution in [0.3, 0.4) is 0 Å². The lowest BCUT2D eigenvalue weighted by atomic mass is 9.82. The molecule has 0 heteroatoms. The molecule has 0 saturated heterocycles. The predicted molar refractivity (Wildman–Crippen MR) is 57.6 cm³/mol. The zero-order chi connectivity index (χ0) is 9.26. The van der Waals surface area contributed by atoms with Gasteiger partial charge in [-0.3, -0.25) is 0 Å². The van der Waals surface area contributed by atoms with Gasteiger partial charge in [0.15, 0.2) is 0 Å². The molecule has 3 rings (SSSR count). The van der Waals surface area contributed by atoms with Gasteiger partial charge in [0.2, 0.25) is 0 Å². The van der Waals surface area contributed by atoms with Gasteiger partial charge in [0.25, 0.3) is 0 Å². The zero-order valence-electron chi connectivity index (χ0n) is 9.26. The van der Waals surface area contributed by atoms with Gasteiger partial charge in [-0.25, -0.2) is 0 Å². The van der Waals surface area contributed by atoms with Crippen LogP contribution >= 0.6 is 0 Å². The van der Waals surface area contributed by atoms with Gasteiger partial charge >= 0.3 is 0 Å². The molecule has 0 aromatic carbocycles. The Labute approximate surface area is 83.1 Å². The Morgan fingerprint density at radius 2 is 1.31 bits per heavy atom. The van der Waals surface area contributed by atoms with E-state index in [9.17, 15) is 0 Å². The standard InChI is InChI=1S/C10H16.C3H8/c1-2-9-7-4-5-8(6-7)10(9)3-1;1-3-2/h7-10H,1-6H2;3H2,1-2H3. The van der Waals surface area contributed by atoms with Crippen molar-refractivity contribution in [3.8, 4) is 0 Å². The quantitative estimate of drug-likeness (QED) is 0.523. The van der Waals surface area contributed by atoms with E-state index in [2.05, 4.69) is 13.8 Å². The summed E-state index contributed by atoms with van der Waals surface area (Å²) in [6.45, 7) is 4.25. The van der Waals surface area contributed by atoms with E-state index in [0.717, 1.165) is 0 Å². The lowest BCUT2D eigenvalue weighted by molar-refractivity contribution is 0.259. The van der Waals surface area contributed by atoms with E-state index in [1.54, 1.807) is 38.5 Å². The molecule has 0 N–H and O–H groups in total. The highest BCUT2D eigenvalue weighted by molar-refractivity contribution is 4.98. The molecule has 0 aromatic rings. The molecule has 0 aliphatic heterocycles. The molecular formula is C13H24. The van der Waals surface area contributed by atoms with Crippen molar-refractivity contribution in [2.75, 3.05) is 0 Å². The maximum absolute atomic E-state index is 2.12. The minimum absolute atomic E-state index is 1.19. The van der Waals surface area contributed by atoms with Crippen molar-refractivity contribution in [3.63, 3.8) is 0 Å². The van der Waals surface area contributed by atoms with Crippen molar-refractivity contribution in [2.24, 2.45) is 23.7 Å². The van der Waals surface area contributed by atoms with Crippen molar-refractivity contribution >= 4 is 0 Å². The number of hydrogen-bond donors (Lipinski definition) is 0. The number of rotatable bonds is 0. The topological polar surface area (TPSA) is 0 Å². The molecule has 3 saturated carbocycles. The molecule has 3 aliphatic rings. The summed E-state index contributed by atoms with van der Waals surface area (Å²) < 4.78 is 0. The fourth-order valence-corrected chi connectivity index (χ4v) is 4.02. The van der Waals surface area contributed by atoms with Gasteiger partial charge in [-0.15, -0.1) is 0 Å². The molecule has 76 valence electrons. The monoisotopic (exact) mass is 180 g/mol. The Morgan fingerprint density at radius 1 is 0.846 bits per heavy atom. The zero-order valence-corrected chi connectivity index (χ0v) is 9.26. The molecule has 2 bridgehead atoms. The van der Waals surface area contributed by atoms with Crippen LogP contribution in [0.5, 0.6) is 0 Å². The van der Waals surface area contributed by atoms with E-state index in [-0.39, 0.29) is 0 Å². The first-order valence-corrected chi connectivity index (χ1v) is 6.36. The molecule has 4 atom stereocenters. The Morgan fingerprint density at radius 3 is 1.77 bits per heavy atom. The van der Waals surface area contributed by atoms with Gasteiger partial charge in [0, 0.05) is 0 Å². The molecule has 0 heterocycles. The minimum atomic E-state index is 1.19. The first kappa shape index (κ1) is 9.55. The van der Waals surface area contributed by atoms with Crippen molar-refractivity contribution < 1.29 is 0 Å². The molecule has 0 spiro atoms. The van der Waals surface area contributed by atoms with Crippen molar-refractivity contribution in [3.05, 3.63) is 0 Å². The van der Waals surface area contributed by atoms with E-state index in [0.29, 0.717) is 0 Å². The third kappa shape index (κ3) is 1.65. The van der Waals surface area contributed by atoms with Crippen LogP contribution in [-0.4, -0.2) is 0 Å². The highest BCUT2D eigenvalue weighted by atomic mass is 14.5. The molecule has 3 fully saturated rings. The summed E-state index contributed by atoms with van der Waals surface area (Å²) in [6.07, 6.45) is 10.8. The van der Waals surface area contributed by atoms with Crippen molar-refractivity contribution in [2.45, 2.75) is 58.8 Å². The van der Waals surface area contributed by atoms with Crippen LogP contribution in [0.1, 0.15) is 58.8 Å². The third-order valence-electron chi connectivity index (χ3n) is 4.35. The summed E-state index contributed by atoms with van der Waals surface area (Å²) >= 11 is 0. The first-order valence-electron chi connectivity index (χ1n) is 6.36. The minimum Gasteiger partial charge on any atom is -0.0656 e. The maximum atomic E-state index is 2.12. The van der Waals surface area contributed by atoms with Crippen LogP contribution in [0, 0.1) is 23.7 Å². The molecule has 3 aliphatic carbocycles. The Hall–Kier alpha value is 0. The molecule has 0 radical (unpaired) electrons. The lowest BCUT2D eigenvalue weighted by Crippen LogP contribution is -2.15. The van der Waals surface area contributed by atoms with Gasteiger partial charge < -0.3 is 0 Å². The Kier molecular flexibility index (Phi) is 2.96. The summed E-state index contributed by atoms with van der Waals surface area (Å²) in [5.41, 5.74) is 0. The van der Waals surface area contributed by atoms with Crippen LogP contribution in [0.2, 0.25) is 0 Å². The van der Waals surface area contributed by atoms with Crippen LogP contribution in [0.4, 0.5) is 0 Å². The van der Waals surface area contributed by atoms with Gasteiger partial charge in [-0.05, 0) is 55.8 Å². The first-order chi connectivity index (χ1) is 6.36. The van der Waals surface area contributed by atoms with Crippen LogP contribution in [0.25, 0.3) is 0 Å². The molecule has 0 amide bonds.